The molecule has 0 atom stereocenters. The van der Waals surface area contributed by atoms with Crippen LogP contribution in [0.3, 0.4) is 0 Å². The van der Waals surface area contributed by atoms with Gasteiger partial charge in [-0.05, 0) is 25.5 Å². The molecule has 0 aliphatic rings. The Labute approximate surface area is 112 Å². The van der Waals surface area contributed by atoms with Crippen molar-refractivity contribution in [3.05, 3.63) is 30.1 Å². The zero-order chi connectivity index (χ0) is 13.8. The molecule has 0 radical (unpaired) electrons. The number of nitrogens with zero attached hydrogens (tertiary/aromatic N) is 3. The Bertz CT molecular complexity index is 589. The van der Waals surface area contributed by atoms with Crippen molar-refractivity contribution < 1.29 is 4.79 Å². The van der Waals surface area contributed by atoms with Gasteiger partial charge in [-0.2, -0.15) is 5.10 Å². The highest BCUT2D eigenvalue weighted by molar-refractivity contribution is 5.89. The van der Waals surface area contributed by atoms with Gasteiger partial charge < -0.3 is 5.32 Å². The number of hydrogen-bond donors (Lipinski definition) is 1. The van der Waals surface area contributed by atoms with Crippen LogP contribution in [0.4, 0.5) is 5.69 Å². The lowest BCUT2D eigenvalue weighted by Crippen LogP contribution is -2.06. The smallest absolute Gasteiger partial charge is 0.221 e. The molecule has 0 aliphatic carbocycles. The maximum atomic E-state index is 11.1. The zero-order valence-corrected chi connectivity index (χ0v) is 11.5. The molecular weight excluding hydrogens is 240 g/mol. The highest BCUT2D eigenvalue weighted by atomic mass is 16.1. The summed E-state index contributed by atoms with van der Waals surface area (Å²) in [6.45, 7) is 6.32. The Hall–Kier alpha value is -2.17. The van der Waals surface area contributed by atoms with Gasteiger partial charge in [0.05, 0.1) is 0 Å². The van der Waals surface area contributed by atoms with Crippen molar-refractivity contribution in [2.24, 2.45) is 0 Å². The van der Waals surface area contributed by atoms with E-state index in [9.17, 15) is 4.79 Å². The third-order valence-electron chi connectivity index (χ3n) is 2.65. The SMILES string of the molecule is CCCn1nc(C)nc1-c1cccc(NC(C)=O)c1. The topological polar surface area (TPSA) is 59.8 Å². The average Bonchev–Trinajstić information content (AvgIpc) is 2.70. The first-order valence-electron chi connectivity index (χ1n) is 6.39. The zero-order valence-electron chi connectivity index (χ0n) is 11.5. The summed E-state index contributed by atoms with van der Waals surface area (Å²) in [5.41, 5.74) is 1.73. The predicted molar refractivity (Wildman–Crippen MR) is 74.8 cm³/mol. The van der Waals surface area contributed by atoms with Gasteiger partial charge in [0.15, 0.2) is 5.82 Å². The van der Waals surface area contributed by atoms with E-state index in [1.165, 1.54) is 6.92 Å². The molecule has 0 saturated heterocycles. The van der Waals surface area contributed by atoms with Crippen LogP contribution < -0.4 is 5.32 Å². The molecule has 5 nitrogen and oxygen atoms in total. The third kappa shape index (κ3) is 3.19. The summed E-state index contributed by atoms with van der Waals surface area (Å²) in [6.07, 6.45) is 1.00. The van der Waals surface area contributed by atoms with Crippen LogP contribution in [0.25, 0.3) is 11.4 Å². The summed E-state index contributed by atoms with van der Waals surface area (Å²) in [5.74, 6) is 1.52. The monoisotopic (exact) mass is 258 g/mol. The molecule has 100 valence electrons. The molecule has 0 aliphatic heterocycles. The first-order valence-corrected chi connectivity index (χ1v) is 6.39. The lowest BCUT2D eigenvalue weighted by Gasteiger charge is -2.07. The molecule has 0 spiro atoms. The molecule has 2 aromatic rings. The molecule has 0 unspecified atom stereocenters. The first-order chi connectivity index (χ1) is 9.10. The van der Waals surface area contributed by atoms with E-state index >= 15 is 0 Å². The normalized spacial score (nSPS) is 10.5. The highest BCUT2D eigenvalue weighted by Crippen LogP contribution is 2.21. The molecular formula is C14H18N4O. The fourth-order valence-corrected chi connectivity index (χ4v) is 1.98. The lowest BCUT2D eigenvalue weighted by atomic mass is 10.2. The standard InChI is InChI=1S/C14H18N4O/c1-4-8-18-14(15-10(2)17-18)12-6-5-7-13(9-12)16-11(3)19/h5-7,9H,4,8H2,1-3H3,(H,16,19). The fourth-order valence-electron chi connectivity index (χ4n) is 1.98. The molecule has 1 amide bonds. The van der Waals surface area contributed by atoms with Gasteiger partial charge in [0.2, 0.25) is 5.91 Å². The number of anilines is 1. The van der Waals surface area contributed by atoms with Crippen molar-refractivity contribution in [1.29, 1.82) is 0 Å². The number of aromatic nitrogens is 3. The second-order valence-corrected chi connectivity index (χ2v) is 4.47. The van der Waals surface area contributed by atoms with E-state index in [0.717, 1.165) is 35.9 Å². The van der Waals surface area contributed by atoms with Crippen molar-refractivity contribution in [2.75, 3.05) is 5.32 Å². The molecule has 19 heavy (non-hydrogen) atoms. The molecule has 1 aromatic heterocycles. The molecule has 5 heteroatoms. The largest absolute Gasteiger partial charge is 0.326 e. The van der Waals surface area contributed by atoms with E-state index in [1.54, 1.807) is 0 Å². The number of rotatable bonds is 4. The van der Waals surface area contributed by atoms with Crippen molar-refractivity contribution >= 4 is 11.6 Å². The van der Waals surface area contributed by atoms with E-state index in [4.69, 9.17) is 0 Å². The number of carbonyl (C=O) groups is 1. The van der Waals surface area contributed by atoms with Gasteiger partial charge in [-0.3, -0.25) is 4.79 Å². The predicted octanol–water partition coefficient (Wildman–Crippen LogP) is 2.62. The molecule has 1 aromatic carbocycles. The van der Waals surface area contributed by atoms with Crippen molar-refractivity contribution in [3.8, 4) is 11.4 Å². The van der Waals surface area contributed by atoms with Crippen LogP contribution in [-0.2, 0) is 11.3 Å². The van der Waals surface area contributed by atoms with E-state index < -0.39 is 0 Å². The maximum absolute atomic E-state index is 11.1. The Morgan fingerprint density at radius 3 is 2.89 bits per heavy atom. The third-order valence-corrected chi connectivity index (χ3v) is 2.65. The molecule has 1 N–H and O–H groups in total. The summed E-state index contributed by atoms with van der Waals surface area (Å²) in [6, 6.07) is 7.65. The summed E-state index contributed by atoms with van der Waals surface area (Å²) in [4.78, 5) is 15.5. The van der Waals surface area contributed by atoms with Crippen LogP contribution in [0.1, 0.15) is 26.1 Å². The second kappa shape index (κ2) is 5.65. The molecule has 0 fully saturated rings. The number of aryl methyl sites for hydroxylation is 2. The number of nitrogens with one attached hydrogen (secondary N) is 1. The molecule has 0 saturated carbocycles. The Morgan fingerprint density at radius 1 is 1.42 bits per heavy atom. The van der Waals surface area contributed by atoms with E-state index in [0.29, 0.717) is 0 Å². The molecule has 0 bridgehead atoms. The van der Waals surface area contributed by atoms with Crippen LogP contribution in [0.5, 0.6) is 0 Å². The van der Waals surface area contributed by atoms with Gasteiger partial charge in [0.1, 0.15) is 5.82 Å². The van der Waals surface area contributed by atoms with Crippen LogP contribution in [0.2, 0.25) is 0 Å². The molecule has 2 rings (SSSR count). The number of amides is 1. The highest BCUT2D eigenvalue weighted by Gasteiger charge is 2.10. The Balaban J connectivity index is 2.38. The summed E-state index contributed by atoms with van der Waals surface area (Å²) >= 11 is 0. The summed E-state index contributed by atoms with van der Waals surface area (Å²) in [7, 11) is 0. The quantitative estimate of drug-likeness (QED) is 0.917. The lowest BCUT2D eigenvalue weighted by molar-refractivity contribution is -0.114. The molecule has 1 heterocycles. The number of benzene rings is 1. The number of hydrogen-bond acceptors (Lipinski definition) is 3. The minimum atomic E-state index is -0.0802. The van der Waals surface area contributed by atoms with E-state index in [2.05, 4.69) is 22.3 Å². The van der Waals surface area contributed by atoms with Crippen LogP contribution in [0.15, 0.2) is 24.3 Å². The van der Waals surface area contributed by atoms with Gasteiger partial charge in [0, 0.05) is 24.7 Å². The van der Waals surface area contributed by atoms with Crippen LogP contribution in [0, 0.1) is 6.92 Å². The van der Waals surface area contributed by atoms with Gasteiger partial charge in [-0.25, -0.2) is 9.67 Å². The van der Waals surface area contributed by atoms with Gasteiger partial charge in [0.25, 0.3) is 0 Å². The summed E-state index contributed by atoms with van der Waals surface area (Å²) < 4.78 is 1.90. The Kier molecular flexibility index (Phi) is 3.94. The minimum Gasteiger partial charge on any atom is -0.326 e. The summed E-state index contributed by atoms with van der Waals surface area (Å²) in [5, 5.41) is 7.16. The second-order valence-electron chi connectivity index (χ2n) is 4.47. The van der Waals surface area contributed by atoms with Crippen molar-refractivity contribution in [1.82, 2.24) is 14.8 Å². The van der Waals surface area contributed by atoms with Crippen molar-refractivity contribution in [2.45, 2.75) is 33.7 Å². The van der Waals surface area contributed by atoms with Gasteiger partial charge >= 0.3 is 0 Å². The average molecular weight is 258 g/mol. The first kappa shape index (κ1) is 13.3. The van der Waals surface area contributed by atoms with Gasteiger partial charge in [-0.15, -0.1) is 0 Å². The minimum absolute atomic E-state index is 0.0802. The van der Waals surface area contributed by atoms with Gasteiger partial charge in [-0.1, -0.05) is 19.1 Å². The Morgan fingerprint density at radius 2 is 2.21 bits per heavy atom. The van der Waals surface area contributed by atoms with E-state index in [1.807, 2.05) is 35.9 Å². The van der Waals surface area contributed by atoms with Crippen molar-refractivity contribution in [3.63, 3.8) is 0 Å². The fraction of sp³-hybridized carbons (Fsp3) is 0.357. The van der Waals surface area contributed by atoms with Crippen LogP contribution >= 0.6 is 0 Å². The van der Waals surface area contributed by atoms with Crippen LogP contribution in [-0.4, -0.2) is 20.7 Å². The number of carbonyl (C=O) groups excluding carboxylic acids is 1. The maximum Gasteiger partial charge on any atom is 0.221 e. The van der Waals surface area contributed by atoms with E-state index in [-0.39, 0.29) is 5.91 Å².